The fourth-order valence-electron chi connectivity index (χ4n) is 2.16. The fourth-order valence-corrected chi connectivity index (χ4v) is 4.20. The Balaban J connectivity index is 2.65. The summed E-state index contributed by atoms with van der Waals surface area (Å²) < 4.78 is 45.4. The average Bonchev–Trinajstić information content (AvgIpc) is 2.60. The zero-order valence-electron chi connectivity index (χ0n) is 14.7. The van der Waals surface area contributed by atoms with Crippen LogP contribution in [0, 0.1) is 5.82 Å². The minimum absolute atomic E-state index is 0.0115. The summed E-state index contributed by atoms with van der Waals surface area (Å²) in [6, 6.07) is 6.91. The van der Waals surface area contributed by atoms with Crippen LogP contribution in [0.4, 0.5) is 10.1 Å². The Morgan fingerprint density at radius 2 is 1.70 bits per heavy atom. The first-order chi connectivity index (χ1) is 12.6. The van der Waals surface area contributed by atoms with Crippen LogP contribution in [-0.4, -0.2) is 47.0 Å². The maximum absolute atomic E-state index is 13.2. The molecule has 0 fully saturated rings. The first kappa shape index (κ1) is 21.3. The predicted octanol–water partition coefficient (Wildman–Crippen LogP) is 3.42. The van der Waals surface area contributed by atoms with Gasteiger partial charge in [-0.3, -0.25) is 9.10 Å². The lowest BCUT2D eigenvalue weighted by Crippen LogP contribution is -2.40. The van der Waals surface area contributed by atoms with Gasteiger partial charge in [-0.15, -0.1) is 0 Å². The minimum Gasteiger partial charge on any atom is -0.495 e. The zero-order valence-corrected chi connectivity index (χ0v) is 17.1. The molecule has 6 nitrogen and oxygen atoms in total. The normalized spacial score (nSPS) is 11.2. The molecule has 0 N–H and O–H groups in total. The maximum atomic E-state index is 13.2. The van der Waals surface area contributed by atoms with Gasteiger partial charge < -0.3 is 9.64 Å². The third-order valence-electron chi connectivity index (χ3n) is 3.67. The van der Waals surface area contributed by atoms with Crippen molar-refractivity contribution >= 4 is 44.8 Å². The van der Waals surface area contributed by atoms with Crippen LogP contribution in [0.2, 0.25) is 10.0 Å². The van der Waals surface area contributed by atoms with Crippen LogP contribution in [-0.2, 0) is 14.8 Å². The van der Waals surface area contributed by atoms with Crippen molar-refractivity contribution in [3.05, 3.63) is 52.3 Å². The van der Waals surface area contributed by atoms with Crippen molar-refractivity contribution in [3.63, 3.8) is 0 Å². The standard InChI is InChI=1S/C17H17Cl2FN2O4S/c1-21(2)17(23)10-22(15-9-16(26-3)14(19)8-13(15)18)27(24,25)12-6-4-11(20)5-7-12/h4-9H,10H2,1-3H3. The number of carbonyl (C=O) groups is 1. The van der Waals surface area contributed by atoms with Gasteiger partial charge in [0.2, 0.25) is 5.91 Å². The van der Waals surface area contributed by atoms with E-state index in [1.54, 1.807) is 0 Å². The van der Waals surface area contributed by atoms with Gasteiger partial charge in [0.25, 0.3) is 10.0 Å². The lowest BCUT2D eigenvalue weighted by Gasteiger charge is -2.26. The summed E-state index contributed by atoms with van der Waals surface area (Å²) in [6.45, 7) is -0.517. The quantitative estimate of drug-likeness (QED) is 0.698. The molecule has 146 valence electrons. The second-order valence-corrected chi connectivity index (χ2v) is 8.37. The number of nitrogens with zero attached hydrogens (tertiary/aromatic N) is 2. The molecule has 0 aliphatic rings. The number of hydrogen-bond acceptors (Lipinski definition) is 4. The van der Waals surface area contributed by atoms with Crippen molar-refractivity contribution in [2.24, 2.45) is 0 Å². The molecule has 0 saturated carbocycles. The van der Waals surface area contributed by atoms with Gasteiger partial charge in [-0.05, 0) is 30.3 Å². The molecule has 0 unspecified atom stereocenters. The number of hydrogen-bond donors (Lipinski definition) is 0. The topological polar surface area (TPSA) is 66.9 Å². The summed E-state index contributed by atoms with van der Waals surface area (Å²) in [5.41, 5.74) is 0.0115. The van der Waals surface area contributed by atoms with Gasteiger partial charge in [0.05, 0.1) is 27.7 Å². The van der Waals surface area contributed by atoms with Crippen LogP contribution < -0.4 is 9.04 Å². The largest absolute Gasteiger partial charge is 0.495 e. The average molecular weight is 435 g/mol. The summed E-state index contributed by atoms with van der Waals surface area (Å²) in [6.07, 6.45) is 0. The van der Waals surface area contributed by atoms with E-state index in [1.807, 2.05) is 0 Å². The van der Waals surface area contributed by atoms with Gasteiger partial charge in [-0.2, -0.15) is 0 Å². The highest BCUT2D eigenvalue weighted by Gasteiger charge is 2.30. The lowest BCUT2D eigenvalue weighted by molar-refractivity contribution is -0.127. The van der Waals surface area contributed by atoms with E-state index < -0.39 is 28.3 Å². The van der Waals surface area contributed by atoms with Crippen molar-refractivity contribution in [1.29, 1.82) is 0 Å². The van der Waals surface area contributed by atoms with E-state index in [0.29, 0.717) is 0 Å². The zero-order chi connectivity index (χ0) is 20.4. The highest BCUT2D eigenvalue weighted by Crippen LogP contribution is 2.38. The van der Waals surface area contributed by atoms with Crippen molar-refractivity contribution in [3.8, 4) is 5.75 Å². The molecule has 0 spiro atoms. The number of carbonyl (C=O) groups excluding carboxylic acids is 1. The number of rotatable bonds is 6. The van der Waals surface area contributed by atoms with Crippen molar-refractivity contribution in [1.82, 2.24) is 4.90 Å². The van der Waals surface area contributed by atoms with Gasteiger partial charge >= 0.3 is 0 Å². The van der Waals surface area contributed by atoms with Crippen LogP contribution in [0.3, 0.4) is 0 Å². The van der Waals surface area contributed by atoms with Crippen molar-refractivity contribution in [2.45, 2.75) is 4.90 Å². The molecule has 0 saturated heterocycles. The third-order valence-corrected chi connectivity index (χ3v) is 6.04. The van der Waals surface area contributed by atoms with Crippen molar-refractivity contribution < 1.29 is 22.3 Å². The van der Waals surface area contributed by atoms with Gasteiger partial charge in [0.15, 0.2) is 0 Å². The highest BCUT2D eigenvalue weighted by molar-refractivity contribution is 7.92. The third kappa shape index (κ3) is 4.63. The molecule has 0 heterocycles. The molecule has 10 heteroatoms. The summed E-state index contributed by atoms with van der Waals surface area (Å²) in [5.74, 6) is -0.880. The summed E-state index contributed by atoms with van der Waals surface area (Å²) >= 11 is 12.2. The molecular formula is C17H17Cl2FN2O4S. The molecule has 0 radical (unpaired) electrons. The molecule has 2 aromatic rings. The Morgan fingerprint density at radius 1 is 1.11 bits per heavy atom. The number of ether oxygens (including phenoxy) is 1. The van der Waals surface area contributed by atoms with Crippen molar-refractivity contribution in [2.75, 3.05) is 32.1 Å². The number of amides is 1. The molecule has 1 amide bonds. The van der Waals surface area contributed by atoms with Gasteiger partial charge in [0, 0.05) is 20.2 Å². The predicted molar refractivity (Wildman–Crippen MR) is 103 cm³/mol. The molecular weight excluding hydrogens is 418 g/mol. The number of halogens is 3. The number of likely N-dealkylation sites (N-methyl/N-ethyl adjacent to an activating group) is 1. The number of sulfonamides is 1. The molecule has 27 heavy (non-hydrogen) atoms. The first-order valence-corrected chi connectivity index (χ1v) is 9.79. The van der Waals surface area contributed by atoms with E-state index in [4.69, 9.17) is 27.9 Å². The highest BCUT2D eigenvalue weighted by atomic mass is 35.5. The van der Waals surface area contributed by atoms with Crippen LogP contribution >= 0.6 is 23.2 Å². The monoisotopic (exact) mass is 434 g/mol. The Kier molecular flexibility index (Phi) is 6.56. The second kappa shape index (κ2) is 8.33. The van der Waals surface area contributed by atoms with Crippen LogP contribution in [0.5, 0.6) is 5.75 Å². The molecule has 0 aromatic heterocycles. The van der Waals surface area contributed by atoms with Gasteiger partial charge in [-0.25, -0.2) is 12.8 Å². The van der Waals surface area contributed by atoms with E-state index in [2.05, 4.69) is 0 Å². The van der Waals surface area contributed by atoms with E-state index in [0.717, 1.165) is 28.6 Å². The Morgan fingerprint density at radius 3 is 2.22 bits per heavy atom. The molecule has 2 aromatic carbocycles. The number of methoxy groups -OCH3 is 1. The molecule has 2 rings (SSSR count). The van der Waals surface area contributed by atoms with E-state index >= 15 is 0 Å². The smallest absolute Gasteiger partial charge is 0.264 e. The van der Waals surface area contributed by atoms with Crippen LogP contribution in [0.25, 0.3) is 0 Å². The molecule has 0 aliphatic carbocycles. The Bertz CT molecular complexity index is 950. The number of benzene rings is 2. The lowest BCUT2D eigenvalue weighted by atomic mass is 10.3. The Labute approximate surface area is 167 Å². The van der Waals surface area contributed by atoms with Crippen LogP contribution in [0.1, 0.15) is 0 Å². The molecule has 0 bridgehead atoms. The summed E-state index contributed by atoms with van der Waals surface area (Å²) in [7, 11) is 0.130. The Hall–Kier alpha value is -2.03. The molecule has 0 atom stereocenters. The second-order valence-electron chi connectivity index (χ2n) is 5.69. The van der Waals surface area contributed by atoms with E-state index in [9.17, 15) is 17.6 Å². The molecule has 0 aliphatic heterocycles. The summed E-state index contributed by atoms with van der Waals surface area (Å²) in [5, 5.41) is 0.197. The van der Waals surface area contributed by atoms with Gasteiger partial charge in [0.1, 0.15) is 18.1 Å². The van der Waals surface area contributed by atoms with E-state index in [-0.39, 0.29) is 26.4 Å². The van der Waals surface area contributed by atoms with Gasteiger partial charge in [-0.1, -0.05) is 23.2 Å². The number of anilines is 1. The summed E-state index contributed by atoms with van der Waals surface area (Å²) in [4.78, 5) is 13.3. The fraction of sp³-hybridized carbons (Fsp3) is 0.235. The maximum Gasteiger partial charge on any atom is 0.264 e. The first-order valence-electron chi connectivity index (χ1n) is 7.59. The SMILES string of the molecule is COc1cc(N(CC(=O)N(C)C)S(=O)(=O)c2ccc(F)cc2)c(Cl)cc1Cl. The van der Waals surface area contributed by atoms with E-state index in [1.165, 1.54) is 38.2 Å². The minimum atomic E-state index is -4.22. The van der Waals surface area contributed by atoms with Crippen LogP contribution in [0.15, 0.2) is 41.3 Å².